The first kappa shape index (κ1) is 15.3. The van der Waals surface area contributed by atoms with E-state index in [0.29, 0.717) is 13.1 Å². The molecule has 0 saturated carbocycles. The van der Waals surface area contributed by atoms with Gasteiger partial charge < -0.3 is 9.80 Å². The Bertz CT molecular complexity index is 879. The standard InChI is InChI=1S/C15H15ClN6OS/c1-20-15(16)17-12(18-20)14(23)22-8-6-21(7-9-22)13-10-4-2-3-5-11(10)24-19-13/h2-5H,6-9H2,1H3. The van der Waals surface area contributed by atoms with Crippen molar-refractivity contribution < 1.29 is 4.79 Å². The van der Waals surface area contributed by atoms with Crippen LogP contribution in [0.4, 0.5) is 5.82 Å². The van der Waals surface area contributed by atoms with Gasteiger partial charge in [0.1, 0.15) is 5.82 Å². The fourth-order valence-electron chi connectivity index (χ4n) is 2.82. The number of rotatable bonds is 2. The molecule has 0 aliphatic carbocycles. The number of aromatic nitrogens is 4. The smallest absolute Gasteiger partial charge is 0.293 e. The van der Waals surface area contributed by atoms with Crippen molar-refractivity contribution in [2.45, 2.75) is 0 Å². The van der Waals surface area contributed by atoms with Crippen LogP contribution in [0.15, 0.2) is 24.3 Å². The van der Waals surface area contributed by atoms with Crippen molar-refractivity contribution in [1.29, 1.82) is 0 Å². The van der Waals surface area contributed by atoms with Gasteiger partial charge in [0.05, 0.1) is 4.70 Å². The van der Waals surface area contributed by atoms with Gasteiger partial charge in [0.2, 0.25) is 11.1 Å². The Balaban J connectivity index is 1.47. The minimum Gasteiger partial charge on any atom is -0.352 e. The van der Waals surface area contributed by atoms with Crippen LogP contribution in [0, 0.1) is 0 Å². The highest BCUT2D eigenvalue weighted by Crippen LogP contribution is 2.29. The summed E-state index contributed by atoms with van der Waals surface area (Å²) in [5.41, 5.74) is 0. The zero-order valence-corrected chi connectivity index (χ0v) is 14.6. The molecule has 0 spiro atoms. The number of nitrogens with zero attached hydrogens (tertiary/aromatic N) is 6. The molecule has 1 aliphatic rings. The molecule has 1 aromatic carbocycles. The van der Waals surface area contributed by atoms with Crippen LogP contribution in [0.25, 0.3) is 10.1 Å². The summed E-state index contributed by atoms with van der Waals surface area (Å²) < 4.78 is 7.15. The van der Waals surface area contributed by atoms with Crippen molar-refractivity contribution >= 4 is 44.9 Å². The second-order valence-electron chi connectivity index (χ2n) is 5.61. The van der Waals surface area contributed by atoms with Crippen LogP contribution >= 0.6 is 23.1 Å². The predicted molar refractivity (Wildman–Crippen MR) is 93.7 cm³/mol. The van der Waals surface area contributed by atoms with Crippen LogP contribution in [0.1, 0.15) is 10.6 Å². The molecule has 24 heavy (non-hydrogen) atoms. The minimum absolute atomic E-state index is 0.148. The van der Waals surface area contributed by atoms with Crippen LogP contribution in [0.3, 0.4) is 0 Å². The molecule has 1 saturated heterocycles. The monoisotopic (exact) mass is 362 g/mol. The number of amides is 1. The molecule has 0 unspecified atom stereocenters. The molecule has 9 heteroatoms. The van der Waals surface area contributed by atoms with Gasteiger partial charge in [-0.2, -0.15) is 9.36 Å². The maximum atomic E-state index is 12.5. The number of benzene rings is 1. The Kier molecular flexibility index (Phi) is 3.85. The number of fused-ring (bicyclic) bond motifs is 1. The summed E-state index contributed by atoms with van der Waals surface area (Å²) in [6, 6.07) is 8.21. The van der Waals surface area contributed by atoms with E-state index in [-0.39, 0.29) is 17.0 Å². The van der Waals surface area contributed by atoms with E-state index in [1.807, 2.05) is 12.1 Å². The van der Waals surface area contributed by atoms with Crippen molar-refractivity contribution in [2.75, 3.05) is 31.1 Å². The second-order valence-corrected chi connectivity index (χ2v) is 6.75. The summed E-state index contributed by atoms with van der Waals surface area (Å²) in [5, 5.41) is 5.43. The quantitative estimate of drug-likeness (QED) is 0.698. The number of halogens is 1. The minimum atomic E-state index is -0.180. The first-order valence-corrected chi connectivity index (χ1v) is 8.74. The first-order valence-electron chi connectivity index (χ1n) is 7.58. The fraction of sp³-hybridized carbons (Fsp3) is 0.333. The first-order chi connectivity index (χ1) is 11.6. The van der Waals surface area contributed by atoms with Crippen LogP contribution in [0.5, 0.6) is 0 Å². The third kappa shape index (κ3) is 2.61. The number of hydrogen-bond donors (Lipinski definition) is 0. The lowest BCUT2D eigenvalue weighted by Crippen LogP contribution is -2.49. The fourth-order valence-corrected chi connectivity index (χ4v) is 3.73. The molecule has 0 bridgehead atoms. The molecule has 1 amide bonds. The number of carbonyl (C=O) groups excluding carboxylic acids is 1. The van der Waals surface area contributed by atoms with E-state index in [1.165, 1.54) is 26.3 Å². The Morgan fingerprint density at radius 3 is 2.67 bits per heavy atom. The molecular formula is C15H15ClN6OS. The Morgan fingerprint density at radius 2 is 1.96 bits per heavy atom. The number of hydrogen-bond acceptors (Lipinski definition) is 6. The lowest BCUT2D eigenvalue weighted by atomic mass is 10.2. The van der Waals surface area contributed by atoms with Crippen LogP contribution in [0.2, 0.25) is 5.28 Å². The molecule has 3 heterocycles. The number of anilines is 1. The van der Waals surface area contributed by atoms with Crippen LogP contribution < -0.4 is 4.90 Å². The Hall–Kier alpha value is -2.19. The number of carbonyl (C=O) groups is 1. The zero-order valence-electron chi connectivity index (χ0n) is 13.0. The van der Waals surface area contributed by atoms with Crippen molar-refractivity contribution in [3.63, 3.8) is 0 Å². The van der Waals surface area contributed by atoms with E-state index >= 15 is 0 Å². The highest BCUT2D eigenvalue weighted by atomic mass is 35.5. The van der Waals surface area contributed by atoms with Crippen molar-refractivity contribution in [1.82, 2.24) is 24.0 Å². The molecule has 1 aliphatic heterocycles. The van der Waals surface area contributed by atoms with Crippen LogP contribution in [-0.2, 0) is 7.05 Å². The van der Waals surface area contributed by atoms with Crippen molar-refractivity contribution in [3.8, 4) is 0 Å². The molecular weight excluding hydrogens is 348 g/mol. The molecule has 2 aromatic heterocycles. The van der Waals surface area contributed by atoms with E-state index in [2.05, 4.69) is 31.5 Å². The lowest BCUT2D eigenvalue weighted by molar-refractivity contribution is 0.0734. The van der Waals surface area contributed by atoms with Crippen molar-refractivity contribution in [2.24, 2.45) is 7.05 Å². The summed E-state index contributed by atoms with van der Waals surface area (Å²) in [4.78, 5) is 20.4. The van der Waals surface area contributed by atoms with Gasteiger partial charge in [0.15, 0.2) is 0 Å². The average molecular weight is 363 g/mol. The van der Waals surface area contributed by atoms with Gasteiger partial charge in [-0.25, -0.2) is 4.68 Å². The predicted octanol–water partition coefficient (Wildman–Crippen LogP) is 2.04. The largest absolute Gasteiger partial charge is 0.352 e. The number of aryl methyl sites for hydroxylation is 1. The maximum absolute atomic E-state index is 12.5. The molecule has 3 aromatic rings. The van der Waals surface area contributed by atoms with E-state index in [9.17, 15) is 4.79 Å². The van der Waals surface area contributed by atoms with E-state index < -0.39 is 0 Å². The molecule has 7 nitrogen and oxygen atoms in total. The summed E-state index contributed by atoms with van der Waals surface area (Å²) >= 11 is 7.37. The maximum Gasteiger partial charge on any atom is 0.293 e. The van der Waals surface area contributed by atoms with E-state index in [0.717, 1.165) is 18.9 Å². The van der Waals surface area contributed by atoms with Gasteiger partial charge in [-0.15, -0.1) is 5.10 Å². The second kappa shape index (κ2) is 6.03. The van der Waals surface area contributed by atoms with Gasteiger partial charge in [0.25, 0.3) is 5.91 Å². The highest BCUT2D eigenvalue weighted by molar-refractivity contribution is 7.13. The molecule has 124 valence electrons. The van der Waals surface area contributed by atoms with Crippen LogP contribution in [-0.4, -0.2) is 56.1 Å². The van der Waals surface area contributed by atoms with Gasteiger partial charge >= 0.3 is 0 Å². The van der Waals surface area contributed by atoms with E-state index in [1.54, 1.807) is 11.9 Å². The van der Waals surface area contributed by atoms with Gasteiger partial charge in [-0.3, -0.25) is 4.79 Å². The summed E-state index contributed by atoms with van der Waals surface area (Å²) in [6.07, 6.45) is 0. The molecule has 0 atom stereocenters. The van der Waals surface area contributed by atoms with Crippen molar-refractivity contribution in [3.05, 3.63) is 35.4 Å². The number of piperazine rings is 1. The Labute approximate surface area is 147 Å². The summed E-state index contributed by atoms with van der Waals surface area (Å²) in [5.74, 6) is 0.969. The normalized spacial score (nSPS) is 15.2. The van der Waals surface area contributed by atoms with E-state index in [4.69, 9.17) is 11.6 Å². The molecule has 4 rings (SSSR count). The lowest BCUT2D eigenvalue weighted by Gasteiger charge is -2.34. The van der Waals surface area contributed by atoms with Gasteiger partial charge in [-0.1, -0.05) is 12.1 Å². The van der Waals surface area contributed by atoms with Gasteiger partial charge in [-0.05, 0) is 35.3 Å². The summed E-state index contributed by atoms with van der Waals surface area (Å²) in [7, 11) is 1.66. The summed E-state index contributed by atoms with van der Waals surface area (Å²) in [6.45, 7) is 2.70. The third-order valence-electron chi connectivity index (χ3n) is 4.13. The molecule has 0 N–H and O–H groups in total. The molecule has 1 fully saturated rings. The Morgan fingerprint density at radius 1 is 1.21 bits per heavy atom. The zero-order chi connectivity index (χ0) is 16.7. The van der Waals surface area contributed by atoms with Gasteiger partial charge in [0, 0.05) is 38.6 Å². The third-order valence-corrected chi connectivity index (χ3v) is 5.27. The SMILES string of the molecule is Cn1nc(C(=O)N2CCN(c3nsc4ccccc34)CC2)nc1Cl. The molecule has 0 radical (unpaired) electrons. The highest BCUT2D eigenvalue weighted by Gasteiger charge is 2.26. The topological polar surface area (TPSA) is 67.2 Å². The average Bonchev–Trinajstić information content (AvgIpc) is 3.18.